The van der Waals surface area contributed by atoms with Crippen molar-refractivity contribution in [1.82, 2.24) is 24.5 Å². The summed E-state index contributed by atoms with van der Waals surface area (Å²) in [5, 5.41) is 13.3. The summed E-state index contributed by atoms with van der Waals surface area (Å²) < 4.78 is 2.21. The molecular weight excluding hydrogens is 464 g/mol. The monoisotopic (exact) mass is 506 g/mol. The number of rotatable bonds is 8. The van der Waals surface area contributed by atoms with Crippen LogP contribution in [0.15, 0.2) is 18.3 Å². The average molecular weight is 507 g/mol. The number of imidazole rings is 1. The maximum Gasteiger partial charge on any atom is 0.374 e. The van der Waals surface area contributed by atoms with E-state index in [0.717, 1.165) is 23.6 Å². The molecule has 0 aromatic carbocycles. The van der Waals surface area contributed by atoms with Crippen molar-refractivity contribution in [3.05, 3.63) is 29.7 Å². The zero-order chi connectivity index (χ0) is 26.5. The van der Waals surface area contributed by atoms with E-state index in [1.165, 1.54) is 56.9 Å². The van der Waals surface area contributed by atoms with E-state index in [9.17, 15) is 9.90 Å². The highest BCUT2D eigenvalue weighted by molar-refractivity contribution is 5.92. The molecule has 0 radical (unpaired) electrons. The molecule has 3 heterocycles. The number of pyridine rings is 1. The molecule has 2 saturated carbocycles. The van der Waals surface area contributed by atoms with Gasteiger partial charge >= 0.3 is 5.97 Å². The number of carboxylic acids is 1. The van der Waals surface area contributed by atoms with Crippen molar-refractivity contribution in [1.29, 1.82) is 0 Å². The lowest BCUT2D eigenvalue weighted by atomic mass is 9.80. The van der Waals surface area contributed by atoms with Crippen LogP contribution in [0.3, 0.4) is 0 Å². The largest absolute Gasteiger partial charge is 0.475 e. The number of nitrogens with zero attached hydrogens (tertiary/aromatic N) is 5. The Morgan fingerprint density at radius 3 is 2.41 bits per heavy atom. The Hall–Kier alpha value is -3.03. The smallest absolute Gasteiger partial charge is 0.374 e. The van der Waals surface area contributed by atoms with Gasteiger partial charge in [-0.15, -0.1) is 0 Å². The highest BCUT2D eigenvalue weighted by Gasteiger charge is 2.28. The summed E-state index contributed by atoms with van der Waals surface area (Å²) in [5.74, 6) is 1.43. The van der Waals surface area contributed by atoms with Crippen molar-refractivity contribution in [2.45, 2.75) is 104 Å². The molecular formula is C29H42N6O2. The molecule has 3 aromatic heterocycles. The summed E-state index contributed by atoms with van der Waals surface area (Å²) in [6.45, 7) is 11.3. The minimum absolute atomic E-state index is 0.201. The summed E-state index contributed by atoms with van der Waals surface area (Å²) in [6.07, 6.45) is 11.6. The molecule has 0 spiro atoms. The van der Waals surface area contributed by atoms with Gasteiger partial charge in [-0.25, -0.2) is 19.7 Å². The van der Waals surface area contributed by atoms with Crippen LogP contribution in [0, 0.1) is 11.8 Å². The van der Waals surface area contributed by atoms with Crippen molar-refractivity contribution in [3.8, 4) is 11.5 Å². The maximum atomic E-state index is 11.9. The van der Waals surface area contributed by atoms with Crippen molar-refractivity contribution in [2.75, 3.05) is 5.32 Å². The van der Waals surface area contributed by atoms with Gasteiger partial charge in [0.25, 0.3) is 0 Å². The SMILES string of the molecule is CC.CC(C)c1ccnc(-c2nc3nc(C(=O)O)nc(NC(C)C4CCC4)c3n2CC2CCCCC2)c1. The van der Waals surface area contributed by atoms with E-state index >= 15 is 0 Å². The number of aromatic carboxylic acids is 1. The van der Waals surface area contributed by atoms with Gasteiger partial charge < -0.3 is 15.0 Å². The van der Waals surface area contributed by atoms with Crippen LogP contribution >= 0.6 is 0 Å². The first-order valence-corrected chi connectivity index (χ1v) is 14.1. The lowest BCUT2D eigenvalue weighted by Gasteiger charge is -2.32. The summed E-state index contributed by atoms with van der Waals surface area (Å²) >= 11 is 0. The Bertz CT molecular complexity index is 1210. The Balaban J connectivity index is 0.00000156. The van der Waals surface area contributed by atoms with Crippen LogP contribution in [0.1, 0.15) is 108 Å². The molecule has 2 N–H and O–H groups in total. The second-order valence-electron chi connectivity index (χ2n) is 10.7. The van der Waals surface area contributed by atoms with E-state index in [2.05, 4.69) is 51.7 Å². The van der Waals surface area contributed by atoms with Crippen LogP contribution in [-0.4, -0.2) is 41.6 Å². The first kappa shape index (κ1) is 27.0. The first-order chi connectivity index (χ1) is 17.9. The quantitative estimate of drug-likeness (QED) is 0.342. The predicted molar refractivity (Wildman–Crippen MR) is 148 cm³/mol. The van der Waals surface area contributed by atoms with Crippen molar-refractivity contribution >= 4 is 23.0 Å². The number of hydrogen-bond donors (Lipinski definition) is 2. The number of aromatic nitrogens is 5. The van der Waals surface area contributed by atoms with Crippen molar-refractivity contribution in [3.63, 3.8) is 0 Å². The second-order valence-corrected chi connectivity index (χ2v) is 10.7. The predicted octanol–water partition coefficient (Wildman–Crippen LogP) is 6.92. The van der Waals surface area contributed by atoms with Gasteiger partial charge in [0, 0.05) is 18.8 Å². The molecule has 2 aliphatic carbocycles. The van der Waals surface area contributed by atoms with E-state index in [0.29, 0.717) is 29.2 Å². The fourth-order valence-electron chi connectivity index (χ4n) is 5.44. The number of carbonyl (C=O) groups is 1. The third kappa shape index (κ3) is 5.94. The van der Waals surface area contributed by atoms with Crippen LogP contribution in [0.5, 0.6) is 0 Å². The van der Waals surface area contributed by atoms with Gasteiger partial charge in [-0.2, -0.15) is 0 Å². The number of hydrogen-bond acceptors (Lipinski definition) is 6. The minimum Gasteiger partial charge on any atom is -0.475 e. The molecule has 0 bridgehead atoms. The Morgan fingerprint density at radius 2 is 1.78 bits per heavy atom. The highest BCUT2D eigenvalue weighted by atomic mass is 16.4. The zero-order valence-corrected chi connectivity index (χ0v) is 23.0. The Kier molecular flexibility index (Phi) is 8.77. The van der Waals surface area contributed by atoms with Crippen molar-refractivity contribution < 1.29 is 9.90 Å². The highest BCUT2D eigenvalue weighted by Crippen LogP contribution is 2.35. The molecule has 200 valence electrons. The molecule has 1 atom stereocenters. The third-order valence-electron chi connectivity index (χ3n) is 7.86. The van der Waals surface area contributed by atoms with Crippen LogP contribution in [0.25, 0.3) is 22.7 Å². The van der Waals surface area contributed by atoms with E-state index in [4.69, 9.17) is 4.98 Å². The standard InChI is InChI=1S/C27H36N6O2.C2H6/c1-16(2)20-12-13-28-21(14-20)26-32-24-22(33(26)15-18-8-5-4-6-9-18)23(30-25(31-24)27(34)35)29-17(3)19-10-7-11-19;1-2/h12-14,16-19H,4-11,15H2,1-3H3,(H,34,35)(H,29,30,31);1-2H3. The fourth-order valence-corrected chi connectivity index (χ4v) is 5.44. The number of carboxylic acid groups (broad SMARTS) is 1. The molecule has 37 heavy (non-hydrogen) atoms. The molecule has 0 aliphatic heterocycles. The van der Waals surface area contributed by atoms with E-state index in [1.54, 1.807) is 0 Å². The molecule has 0 saturated heterocycles. The maximum absolute atomic E-state index is 11.9. The second kappa shape index (κ2) is 12.0. The van der Waals surface area contributed by atoms with Gasteiger partial charge in [-0.05, 0) is 68.1 Å². The number of anilines is 1. The zero-order valence-electron chi connectivity index (χ0n) is 23.0. The van der Waals surface area contributed by atoms with Gasteiger partial charge in [0.15, 0.2) is 17.3 Å². The molecule has 1 unspecified atom stereocenters. The van der Waals surface area contributed by atoms with E-state index in [1.807, 2.05) is 26.1 Å². The van der Waals surface area contributed by atoms with E-state index < -0.39 is 5.97 Å². The first-order valence-electron chi connectivity index (χ1n) is 14.1. The van der Waals surface area contributed by atoms with E-state index in [-0.39, 0.29) is 11.9 Å². The summed E-state index contributed by atoms with van der Waals surface area (Å²) in [5.41, 5.74) is 3.20. The fraction of sp³-hybridized carbons (Fsp3) is 0.621. The third-order valence-corrected chi connectivity index (χ3v) is 7.86. The average Bonchev–Trinajstić information content (AvgIpc) is 3.23. The van der Waals surface area contributed by atoms with Gasteiger partial charge in [0.05, 0.1) is 0 Å². The number of fused-ring (bicyclic) bond motifs is 1. The summed E-state index contributed by atoms with van der Waals surface area (Å²) in [7, 11) is 0. The van der Waals surface area contributed by atoms with Gasteiger partial charge in [-0.1, -0.05) is 53.4 Å². The summed E-state index contributed by atoms with van der Waals surface area (Å²) in [6, 6.07) is 4.34. The van der Waals surface area contributed by atoms with Gasteiger partial charge in [0.1, 0.15) is 11.2 Å². The topological polar surface area (TPSA) is 106 Å². The molecule has 2 aliphatic rings. The van der Waals surface area contributed by atoms with Gasteiger partial charge in [-0.3, -0.25) is 4.98 Å². The molecule has 8 heteroatoms. The van der Waals surface area contributed by atoms with Crippen molar-refractivity contribution in [2.24, 2.45) is 11.8 Å². The normalized spacial score (nSPS) is 17.2. The molecule has 2 fully saturated rings. The number of nitrogens with one attached hydrogen (secondary N) is 1. The van der Waals surface area contributed by atoms with Crippen LogP contribution in [-0.2, 0) is 6.54 Å². The lowest BCUT2D eigenvalue weighted by Crippen LogP contribution is -2.31. The van der Waals surface area contributed by atoms with Gasteiger partial charge in [0.2, 0.25) is 5.82 Å². The molecule has 0 amide bonds. The summed E-state index contributed by atoms with van der Waals surface area (Å²) in [4.78, 5) is 30.3. The minimum atomic E-state index is -1.14. The molecule has 3 aromatic rings. The van der Waals surface area contributed by atoms with Crippen LogP contribution in [0.4, 0.5) is 5.82 Å². The lowest BCUT2D eigenvalue weighted by molar-refractivity contribution is 0.0684. The van der Waals surface area contributed by atoms with Crippen LogP contribution < -0.4 is 5.32 Å². The van der Waals surface area contributed by atoms with Crippen LogP contribution in [0.2, 0.25) is 0 Å². The Labute approximate surface area is 220 Å². The molecule has 8 nitrogen and oxygen atoms in total. The molecule has 5 rings (SSSR count). The Morgan fingerprint density at radius 1 is 1.05 bits per heavy atom.